The summed E-state index contributed by atoms with van der Waals surface area (Å²) in [7, 11) is 3.91. The number of benzene rings is 1. The summed E-state index contributed by atoms with van der Waals surface area (Å²) in [5.74, 6) is -0.177. The SMILES string of the molecule is CC(CN(C)C)NC(=O)c1ccc(N)cc1Cl. The molecule has 0 aliphatic rings. The highest BCUT2D eigenvalue weighted by Gasteiger charge is 2.13. The topological polar surface area (TPSA) is 58.4 Å². The van der Waals surface area contributed by atoms with Gasteiger partial charge in [0.2, 0.25) is 0 Å². The molecule has 1 unspecified atom stereocenters. The maximum absolute atomic E-state index is 11.9. The molecule has 0 aliphatic heterocycles. The molecule has 0 bridgehead atoms. The zero-order valence-corrected chi connectivity index (χ0v) is 11.1. The maximum Gasteiger partial charge on any atom is 0.253 e. The predicted molar refractivity (Wildman–Crippen MR) is 71.3 cm³/mol. The number of nitrogens with zero attached hydrogens (tertiary/aromatic N) is 1. The monoisotopic (exact) mass is 255 g/mol. The van der Waals surface area contributed by atoms with Gasteiger partial charge in [0.05, 0.1) is 10.6 Å². The molecule has 0 aliphatic carbocycles. The van der Waals surface area contributed by atoms with E-state index in [9.17, 15) is 4.79 Å². The van der Waals surface area contributed by atoms with Crippen LogP contribution in [-0.4, -0.2) is 37.5 Å². The number of anilines is 1. The van der Waals surface area contributed by atoms with Crippen molar-refractivity contribution in [1.29, 1.82) is 0 Å². The fraction of sp³-hybridized carbons (Fsp3) is 0.417. The summed E-state index contributed by atoms with van der Waals surface area (Å²) >= 11 is 5.96. The Bertz CT molecular complexity index is 407. The molecule has 5 heteroatoms. The first-order valence-electron chi connectivity index (χ1n) is 5.40. The second-order valence-electron chi connectivity index (χ2n) is 4.38. The average Bonchev–Trinajstić information content (AvgIpc) is 2.15. The van der Waals surface area contributed by atoms with Crippen LogP contribution in [0.1, 0.15) is 17.3 Å². The molecule has 94 valence electrons. The minimum absolute atomic E-state index is 0.0612. The summed E-state index contributed by atoms with van der Waals surface area (Å²) in [5.41, 5.74) is 6.57. The van der Waals surface area contributed by atoms with E-state index in [4.69, 9.17) is 17.3 Å². The van der Waals surface area contributed by atoms with E-state index in [0.717, 1.165) is 6.54 Å². The molecule has 0 spiro atoms. The van der Waals surface area contributed by atoms with Crippen molar-refractivity contribution in [2.75, 3.05) is 26.4 Å². The molecule has 1 aromatic carbocycles. The lowest BCUT2D eigenvalue weighted by molar-refractivity contribution is 0.0934. The van der Waals surface area contributed by atoms with Crippen LogP contribution in [0.5, 0.6) is 0 Å². The van der Waals surface area contributed by atoms with Gasteiger partial charge in [-0.3, -0.25) is 4.79 Å². The highest BCUT2D eigenvalue weighted by atomic mass is 35.5. The van der Waals surface area contributed by atoms with Crippen molar-refractivity contribution in [2.24, 2.45) is 0 Å². The van der Waals surface area contributed by atoms with Crippen LogP contribution in [0.4, 0.5) is 5.69 Å². The Morgan fingerprint density at radius 2 is 2.18 bits per heavy atom. The van der Waals surface area contributed by atoms with Crippen LogP contribution in [0, 0.1) is 0 Å². The summed E-state index contributed by atoms with van der Waals surface area (Å²) in [6, 6.07) is 4.94. The third-order valence-electron chi connectivity index (χ3n) is 2.25. The highest BCUT2D eigenvalue weighted by molar-refractivity contribution is 6.34. The van der Waals surface area contributed by atoms with Crippen molar-refractivity contribution in [2.45, 2.75) is 13.0 Å². The Labute approximate surface area is 107 Å². The van der Waals surface area contributed by atoms with Crippen LogP contribution in [0.3, 0.4) is 0 Å². The van der Waals surface area contributed by atoms with Gasteiger partial charge in [-0.2, -0.15) is 0 Å². The fourth-order valence-corrected chi connectivity index (χ4v) is 1.89. The van der Waals surface area contributed by atoms with Crippen LogP contribution in [0.25, 0.3) is 0 Å². The van der Waals surface area contributed by atoms with E-state index in [2.05, 4.69) is 5.32 Å². The Morgan fingerprint density at radius 1 is 1.53 bits per heavy atom. The number of nitrogens with one attached hydrogen (secondary N) is 1. The molecule has 1 aromatic rings. The first kappa shape index (κ1) is 13.8. The molecular formula is C12H18ClN3O. The molecule has 0 saturated heterocycles. The molecule has 0 aromatic heterocycles. The summed E-state index contributed by atoms with van der Waals surface area (Å²) in [6.07, 6.45) is 0. The first-order chi connectivity index (χ1) is 7.90. The second kappa shape index (κ2) is 5.89. The molecular weight excluding hydrogens is 238 g/mol. The standard InChI is InChI=1S/C12H18ClN3O/c1-8(7-16(2)3)15-12(17)10-5-4-9(14)6-11(10)13/h4-6,8H,7,14H2,1-3H3,(H,15,17). The lowest BCUT2D eigenvalue weighted by Crippen LogP contribution is -2.39. The number of hydrogen-bond acceptors (Lipinski definition) is 3. The number of nitrogen functional groups attached to an aromatic ring is 1. The highest BCUT2D eigenvalue weighted by Crippen LogP contribution is 2.19. The van der Waals surface area contributed by atoms with E-state index < -0.39 is 0 Å². The number of nitrogens with two attached hydrogens (primary N) is 1. The Hall–Kier alpha value is -1.26. The van der Waals surface area contributed by atoms with E-state index in [0.29, 0.717) is 16.3 Å². The van der Waals surface area contributed by atoms with Gasteiger partial charge < -0.3 is 16.0 Å². The normalized spacial score (nSPS) is 12.5. The Kier molecular flexibility index (Phi) is 4.78. The van der Waals surface area contributed by atoms with Crippen LogP contribution in [-0.2, 0) is 0 Å². The fourth-order valence-electron chi connectivity index (χ4n) is 1.61. The van der Waals surface area contributed by atoms with Crippen LogP contribution >= 0.6 is 11.6 Å². The summed E-state index contributed by atoms with van der Waals surface area (Å²) < 4.78 is 0. The van der Waals surface area contributed by atoms with E-state index in [-0.39, 0.29) is 11.9 Å². The Morgan fingerprint density at radius 3 is 2.71 bits per heavy atom. The molecule has 0 fully saturated rings. The van der Waals surface area contributed by atoms with Crippen LogP contribution < -0.4 is 11.1 Å². The van der Waals surface area contributed by atoms with E-state index in [1.54, 1.807) is 18.2 Å². The third kappa shape index (κ3) is 4.24. The van der Waals surface area contributed by atoms with Crippen molar-refractivity contribution >= 4 is 23.2 Å². The minimum atomic E-state index is -0.177. The summed E-state index contributed by atoms with van der Waals surface area (Å²) in [6.45, 7) is 2.72. The van der Waals surface area contributed by atoms with Gasteiger partial charge in [0.1, 0.15) is 0 Å². The van der Waals surface area contributed by atoms with Crippen LogP contribution in [0.2, 0.25) is 5.02 Å². The zero-order valence-electron chi connectivity index (χ0n) is 10.3. The molecule has 1 rings (SSSR count). The van der Waals surface area contributed by atoms with Gasteiger partial charge >= 0.3 is 0 Å². The molecule has 0 saturated carbocycles. The van der Waals surface area contributed by atoms with Crippen LogP contribution in [0.15, 0.2) is 18.2 Å². The number of halogens is 1. The lowest BCUT2D eigenvalue weighted by Gasteiger charge is -2.18. The molecule has 1 amide bonds. The lowest BCUT2D eigenvalue weighted by atomic mass is 10.2. The van der Waals surface area contributed by atoms with Gasteiger partial charge in [-0.15, -0.1) is 0 Å². The number of amides is 1. The minimum Gasteiger partial charge on any atom is -0.399 e. The van der Waals surface area contributed by atoms with Gasteiger partial charge in [-0.1, -0.05) is 11.6 Å². The van der Waals surface area contributed by atoms with Gasteiger partial charge in [-0.05, 0) is 39.2 Å². The molecule has 0 radical (unpaired) electrons. The smallest absolute Gasteiger partial charge is 0.253 e. The number of likely N-dealkylation sites (N-methyl/N-ethyl adjacent to an activating group) is 1. The number of rotatable bonds is 4. The first-order valence-corrected chi connectivity index (χ1v) is 5.78. The molecule has 17 heavy (non-hydrogen) atoms. The van der Waals surface area contributed by atoms with Gasteiger partial charge in [0.15, 0.2) is 0 Å². The van der Waals surface area contributed by atoms with E-state index >= 15 is 0 Å². The predicted octanol–water partition coefficient (Wildman–Crippen LogP) is 1.60. The van der Waals surface area contributed by atoms with Gasteiger partial charge in [0.25, 0.3) is 5.91 Å². The summed E-state index contributed by atoms with van der Waals surface area (Å²) in [5, 5.41) is 3.26. The number of hydrogen-bond donors (Lipinski definition) is 2. The average molecular weight is 256 g/mol. The van der Waals surface area contributed by atoms with Crippen molar-refractivity contribution in [1.82, 2.24) is 10.2 Å². The van der Waals surface area contributed by atoms with E-state index in [1.807, 2.05) is 25.9 Å². The third-order valence-corrected chi connectivity index (χ3v) is 2.57. The zero-order chi connectivity index (χ0) is 13.0. The molecule has 0 heterocycles. The number of carbonyl (C=O) groups is 1. The van der Waals surface area contributed by atoms with Crippen molar-refractivity contribution < 1.29 is 4.79 Å². The van der Waals surface area contributed by atoms with Gasteiger partial charge in [-0.25, -0.2) is 0 Å². The second-order valence-corrected chi connectivity index (χ2v) is 4.78. The molecule has 3 N–H and O–H groups in total. The largest absolute Gasteiger partial charge is 0.399 e. The molecule has 4 nitrogen and oxygen atoms in total. The van der Waals surface area contributed by atoms with E-state index in [1.165, 1.54) is 0 Å². The quantitative estimate of drug-likeness (QED) is 0.804. The van der Waals surface area contributed by atoms with Crippen molar-refractivity contribution in [3.05, 3.63) is 28.8 Å². The number of carbonyl (C=O) groups excluding carboxylic acids is 1. The Balaban J connectivity index is 2.70. The maximum atomic E-state index is 11.9. The van der Waals surface area contributed by atoms with Crippen molar-refractivity contribution in [3.63, 3.8) is 0 Å². The molecule has 1 atom stereocenters. The summed E-state index contributed by atoms with van der Waals surface area (Å²) in [4.78, 5) is 13.9. The van der Waals surface area contributed by atoms with Crippen molar-refractivity contribution in [3.8, 4) is 0 Å². The van der Waals surface area contributed by atoms with Gasteiger partial charge in [0, 0.05) is 18.3 Å².